The van der Waals surface area contributed by atoms with Gasteiger partial charge < -0.3 is 5.73 Å². The van der Waals surface area contributed by atoms with Gasteiger partial charge in [-0.05, 0) is 36.3 Å². The molecule has 1 aliphatic carbocycles. The summed E-state index contributed by atoms with van der Waals surface area (Å²) >= 11 is 0. The zero-order chi connectivity index (χ0) is 14.6. The first-order chi connectivity index (χ1) is 9.56. The van der Waals surface area contributed by atoms with Gasteiger partial charge in [0.05, 0.1) is 0 Å². The van der Waals surface area contributed by atoms with Crippen molar-refractivity contribution in [2.75, 3.05) is 6.54 Å². The number of carbonyl (C=O) groups excluding carboxylic acids is 1. The largest absolute Gasteiger partial charge is 0.330 e. The van der Waals surface area contributed by atoms with Crippen LogP contribution in [0, 0.1) is 5.41 Å². The summed E-state index contributed by atoms with van der Waals surface area (Å²) in [4.78, 5) is 12.5. The van der Waals surface area contributed by atoms with Crippen molar-refractivity contribution in [1.82, 2.24) is 0 Å². The minimum Gasteiger partial charge on any atom is -0.330 e. The molecule has 0 aromatic heterocycles. The van der Waals surface area contributed by atoms with Crippen LogP contribution in [0.25, 0.3) is 0 Å². The normalized spacial score (nSPS) is 18.2. The smallest absolute Gasteiger partial charge is 0.163 e. The maximum Gasteiger partial charge on any atom is 0.163 e. The number of nitrogens with two attached hydrogens (primary N) is 1. The van der Waals surface area contributed by atoms with Crippen LogP contribution in [0.2, 0.25) is 0 Å². The molecule has 1 aliphatic rings. The highest BCUT2D eigenvalue weighted by Crippen LogP contribution is 2.39. The van der Waals surface area contributed by atoms with Gasteiger partial charge in [-0.25, -0.2) is 0 Å². The maximum atomic E-state index is 12.5. The van der Waals surface area contributed by atoms with Gasteiger partial charge in [-0.3, -0.25) is 4.79 Å². The highest BCUT2D eigenvalue weighted by Gasteiger charge is 2.33. The molecule has 1 fully saturated rings. The first-order valence-electron chi connectivity index (χ1n) is 7.89. The molecule has 0 radical (unpaired) electrons. The average molecular weight is 273 g/mol. The van der Waals surface area contributed by atoms with E-state index in [1.807, 2.05) is 12.1 Å². The minimum absolute atomic E-state index is 0.0616. The lowest BCUT2D eigenvalue weighted by Crippen LogP contribution is -2.35. The topological polar surface area (TPSA) is 43.1 Å². The molecular formula is C18H27NO. The Bertz CT molecular complexity index is 441. The summed E-state index contributed by atoms with van der Waals surface area (Å²) in [6.07, 6.45) is 6.57. The molecule has 0 spiro atoms. The zero-order valence-corrected chi connectivity index (χ0v) is 12.8. The van der Waals surface area contributed by atoms with Crippen molar-refractivity contribution in [3.8, 4) is 0 Å². The Morgan fingerprint density at radius 2 is 1.75 bits per heavy atom. The van der Waals surface area contributed by atoms with Gasteiger partial charge in [0, 0.05) is 12.0 Å². The number of hydrogen-bond acceptors (Lipinski definition) is 2. The lowest BCUT2D eigenvalue weighted by atomic mass is 9.70. The summed E-state index contributed by atoms with van der Waals surface area (Å²) in [7, 11) is 0. The van der Waals surface area contributed by atoms with E-state index in [1.54, 1.807) is 0 Å². The van der Waals surface area contributed by atoms with E-state index in [0.717, 1.165) is 18.4 Å². The van der Waals surface area contributed by atoms with E-state index < -0.39 is 0 Å². The van der Waals surface area contributed by atoms with Crippen LogP contribution in [0.15, 0.2) is 24.3 Å². The van der Waals surface area contributed by atoms with Crippen LogP contribution in [-0.4, -0.2) is 12.3 Å². The average Bonchev–Trinajstić information content (AvgIpc) is 2.48. The van der Waals surface area contributed by atoms with Crippen molar-refractivity contribution in [2.45, 2.75) is 58.3 Å². The van der Waals surface area contributed by atoms with Crippen LogP contribution < -0.4 is 5.73 Å². The second-order valence-electron chi connectivity index (χ2n) is 6.64. The van der Waals surface area contributed by atoms with Crippen LogP contribution in [-0.2, 0) is 0 Å². The van der Waals surface area contributed by atoms with Crippen molar-refractivity contribution >= 4 is 5.78 Å². The lowest BCUT2D eigenvalue weighted by molar-refractivity contribution is 0.0868. The summed E-state index contributed by atoms with van der Waals surface area (Å²) in [6.45, 7) is 4.98. The van der Waals surface area contributed by atoms with E-state index >= 15 is 0 Å². The molecule has 0 bridgehead atoms. The fourth-order valence-corrected chi connectivity index (χ4v) is 3.25. The minimum atomic E-state index is 0.0616. The third-order valence-electron chi connectivity index (χ3n) is 4.78. The molecule has 0 saturated heterocycles. The van der Waals surface area contributed by atoms with E-state index in [9.17, 15) is 4.79 Å². The summed E-state index contributed by atoms with van der Waals surface area (Å²) in [5, 5.41) is 0. The van der Waals surface area contributed by atoms with E-state index in [1.165, 1.54) is 24.8 Å². The quantitative estimate of drug-likeness (QED) is 0.813. The second kappa shape index (κ2) is 6.53. The highest BCUT2D eigenvalue weighted by atomic mass is 16.1. The van der Waals surface area contributed by atoms with Crippen molar-refractivity contribution in [2.24, 2.45) is 11.1 Å². The molecule has 110 valence electrons. The van der Waals surface area contributed by atoms with Gasteiger partial charge in [-0.15, -0.1) is 0 Å². The van der Waals surface area contributed by atoms with Gasteiger partial charge in [0.2, 0.25) is 0 Å². The highest BCUT2D eigenvalue weighted by molar-refractivity contribution is 5.96. The van der Waals surface area contributed by atoms with Crippen molar-refractivity contribution < 1.29 is 4.79 Å². The van der Waals surface area contributed by atoms with Gasteiger partial charge in [-0.1, -0.05) is 57.4 Å². The van der Waals surface area contributed by atoms with E-state index in [2.05, 4.69) is 26.0 Å². The Morgan fingerprint density at radius 3 is 2.25 bits per heavy atom. The van der Waals surface area contributed by atoms with Crippen LogP contribution in [0.5, 0.6) is 0 Å². The van der Waals surface area contributed by atoms with E-state index in [0.29, 0.717) is 18.9 Å². The molecule has 2 nitrogen and oxygen atoms in total. The molecule has 20 heavy (non-hydrogen) atoms. The van der Waals surface area contributed by atoms with Crippen LogP contribution in [0.1, 0.15) is 74.2 Å². The lowest BCUT2D eigenvalue weighted by Gasteiger charge is -2.35. The summed E-state index contributed by atoms with van der Waals surface area (Å²) in [5.41, 5.74) is 8.16. The van der Waals surface area contributed by atoms with Gasteiger partial charge in [0.1, 0.15) is 0 Å². The molecule has 0 aliphatic heterocycles. The monoisotopic (exact) mass is 273 g/mol. The fraction of sp³-hybridized carbons (Fsp3) is 0.611. The first-order valence-corrected chi connectivity index (χ1v) is 7.89. The Balaban J connectivity index is 2.06. The van der Waals surface area contributed by atoms with E-state index in [4.69, 9.17) is 5.73 Å². The summed E-state index contributed by atoms with van der Waals surface area (Å²) in [5.74, 6) is 0.764. The predicted molar refractivity (Wildman–Crippen MR) is 84.1 cm³/mol. The van der Waals surface area contributed by atoms with Crippen LogP contribution in [0.4, 0.5) is 0 Å². The molecule has 0 heterocycles. The van der Waals surface area contributed by atoms with E-state index in [-0.39, 0.29) is 11.2 Å². The Labute approximate surface area is 122 Å². The molecule has 0 atom stereocenters. The van der Waals surface area contributed by atoms with Crippen molar-refractivity contribution in [3.05, 3.63) is 35.4 Å². The standard InChI is InChI=1S/C18H27NO/c1-14(2)15-6-8-16(9-7-15)17(20)12-18(13-19)10-4-3-5-11-18/h6-9,14H,3-5,10-13,19H2,1-2H3. The zero-order valence-electron chi connectivity index (χ0n) is 12.8. The number of carbonyl (C=O) groups is 1. The number of rotatable bonds is 5. The SMILES string of the molecule is CC(C)c1ccc(C(=O)CC2(CN)CCCCC2)cc1. The molecule has 1 aromatic carbocycles. The molecule has 0 amide bonds. The van der Waals surface area contributed by atoms with Gasteiger partial charge in [0.25, 0.3) is 0 Å². The molecule has 2 N–H and O–H groups in total. The number of benzene rings is 1. The third kappa shape index (κ3) is 3.49. The molecule has 0 unspecified atom stereocenters. The molecular weight excluding hydrogens is 246 g/mol. The Kier molecular flexibility index (Phi) is 4.98. The fourth-order valence-electron chi connectivity index (χ4n) is 3.25. The number of ketones is 1. The first kappa shape index (κ1) is 15.2. The van der Waals surface area contributed by atoms with Crippen molar-refractivity contribution in [3.63, 3.8) is 0 Å². The molecule has 2 heteroatoms. The van der Waals surface area contributed by atoms with Gasteiger partial charge >= 0.3 is 0 Å². The number of hydrogen-bond donors (Lipinski definition) is 1. The molecule has 1 saturated carbocycles. The number of Topliss-reactive ketones (excluding diaryl/α,β-unsaturated/α-hetero) is 1. The Morgan fingerprint density at radius 1 is 1.15 bits per heavy atom. The van der Waals surface area contributed by atoms with Crippen LogP contribution in [0.3, 0.4) is 0 Å². The molecule has 2 rings (SSSR count). The third-order valence-corrected chi connectivity index (χ3v) is 4.78. The summed E-state index contributed by atoms with van der Waals surface area (Å²) in [6, 6.07) is 8.11. The Hall–Kier alpha value is -1.15. The molecule has 1 aromatic rings. The second-order valence-corrected chi connectivity index (χ2v) is 6.64. The van der Waals surface area contributed by atoms with Crippen molar-refractivity contribution in [1.29, 1.82) is 0 Å². The van der Waals surface area contributed by atoms with Gasteiger partial charge in [0.15, 0.2) is 5.78 Å². The predicted octanol–water partition coefficient (Wildman–Crippen LogP) is 4.29. The summed E-state index contributed by atoms with van der Waals surface area (Å²) < 4.78 is 0. The maximum absolute atomic E-state index is 12.5. The van der Waals surface area contributed by atoms with Crippen LogP contribution >= 0.6 is 0 Å². The van der Waals surface area contributed by atoms with Gasteiger partial charge in [-0.2, -0.15) is 0 Å².